The number of nitrogens with one attached hydrogen (secondary N) is 1. The smallest absolute Gasteiger partial charge is 0.193 e. The summed E-state index contributed by atoms with van der Waals surface area (Å²) in [4.78, 5) is 6.57. The molecule has 1 heterocycles. The molecular formula is C18H29FIN3O2. The lowest BCUT2D eigenvalue weighted by atomic mass is 10.1. The minimum Gasteiger partial charge on any atom is -0.486 e. The second-order valence-corrected chi connectivity index (χ2v) is 5.93. The normalized spacial score (nSPS) is 17.0. The molecule has 1 unspecified atom stereocenters. The molecule has 1 fully saturated rings. The maximum absolute atomic E-state index is 13.6. The Morgan fingerprint density at radius 1 is 1.36 bits per heavy atom. The number of guanidine groups is 1. The van der Waals surface area contributed by atoms with E-state index < -0.39 is 0 Å². The topological polar surface area (TPSA) is 46.1 Å². The number of aliphatic imine (C=N–C) groups is 1. The fourth-order valence-electron chi connectivity index (χ4n) is 2.84. The van der Waals surface area contributed by atoms with Crippen LogP contribution in [0.25, 0.3) is 0 Å². The third-order valence-electron chi connectivity index (χ3n) is 4.07. The van der Waals surface area contributed by atoms with E-state index in [0.29, 0.717) is 12.6 Å². The summed E-state index contributed by atoms with van der Waals surface area (Å²) in [5.41, 5.74) is 0. The number of nitrogens with zero attached hydrogens (tertiary/aromatic N) is 2. The van der Waals surface area contributed by atoms with Gasteiger partial charge in [0.25, 0.3) is 0 Å². The van der Waals surface area contributed by atoms with Crippen LogP contribution in [0, 0.1) is 5.82 Å². The van der Waals surface area contributed by atoms with E-state index in [2.05, 4.69) is 15.2 Å². The largest absolute Gasteiger partial charge is 0.486 e. The summed E-state index contributed by atoms with van der Waals surface area (Å²) in [7, 11) is 1.78. The summed E-state index contributed by atoms with van der Waals surface area (Å²) in [6.07, 6.45) is 2.21. The summed E-state index contributed by atoms with van der Waals surface area (Å²) < 4.78 is 24.9. The van der Waals surface area contributed by atoms with Crippen LogP contribution >= 0.6 is 24.0 Å². The van der Waals surface area contributed by atoms with Gasteiger partial charge in [-0.3, -0.25) is 4.99 Å². The summed E-state index contributed by atoms with van der Waals surface area (Å²) >= 11 is 0. The second kappa shape index (κ2) is 11.5. The van der Waals surface area contributed by atoms with Crippen LogP contribution < -0.4 is 10.1 Å². The van der Waals surface area contributed by atoms with Crippen molar-refractivity contribution in [3.05, 3.63) is 30.1 Å². The number of hydrogen-bond donors (Lipinski definition) is 1. The van der Waals surface area contributed by atoms with Gasteiger partial charge in [0.05, 0.1) is 12.6 Å². The van der Waals surface area contributed by atoms with Crippen molar-refractivity contribution in [1.29, 1.82) is 0 Å². The molecule has 142 valence electrons. The van der Waals surface area contributed by atoms with E-state index in [-0.39, 0.29) is 41.6 Å². The molecule has 1 aliphatic rings. The quantitative estimate of drug-likeness (QED) is 0.398. The van der Waals surface area contributed by atoms with E-state index in [0.717, 1.165) is 38.5 Å². The molecule has 25 heavy (non-hydrogen) atoms. The zero-order chi connectivity index (χ0) is 17.4. The van der Waals surface area contributed by atoms with Gasteiger partial charge in [-0.15, -0.1) is 24.0 Å². The fraction of sp³-hybridized carbons (Fsp3) is 0.611. The Bertz CT molecular complexity index is 537. The Balaban J connectivity index is 0.00000312. The number of rotatable bonds is 6. The van der Waals surface area contributed by atoms with Gasteiger partial charge < -0.3 is 19.7 Å². The maximum Gasteiger partial charge on any atom is 0.193 e. The van der Waals surface area contributed by atoms with Gasteiger partial charge >= 0.3 is 0 Å². The van der Waals surface area contributed by atoms with E-state index in [4.69, 9.17) is 9.47 Å². The molecule has 7 heteroatoms. The zero-order valence-electron chi connectivity index (χ0n) is 15.2. The van der Waals surface area contributed by atoms with Crippen molar-refractivity contribution in [2.45, 2.75) is 38.9 Å². The molecule has 0 spiro atoms. The first-order valence-corrected chi connectivity index (χ1v) is 8.62. The molecule has 5 nitrogen and oxygen atoms in total. The van der Waals surface area contributed by atoms with Crippen LogP contribution in [0.15, 0.2) is 29.3 Å². The summed E-state index contributed by atoms with van der Waals surface area (Å²) in [5, 5.41) is 3.31. The molecule has 1 saturated heterocycles. The minimum absolute atomic E-state index is 0. The van der Waals surface area contributed by atoms with E-state index >= 15 is 0 Å². The van der Waals surface area contributed by atoms with E-state index in [1.54, 1.807) is 25.2 Å². The lowest BCUT2D eigenvalue weighted by Crippen LogP contribution is -2.48. The van der Waals surface area contributed by atoms with Crippen molar-refractivity contribution in [2.24, 2.45) is 4.99 Å². The molecule has 1 N–H and O–H groups in total. The van der Waals surface area contributed by atoms with Gasteiger partial charge in [-0.25, -0.2) is 4.39 Å². The molecule has 1 atom stereocenters. The Labute approximate surface area is 167 Å². The van der Waals surface area contributed by atoms with Crippen LogP contribution in [0.3, 0.4) is 0 Å². The maximum atomic E-state index is 13.6. The minimum atomic E-state index is -0.341. The standard InChI is InChI=1S/C18H28FN3O2.HI/c1-4-23-15-9-11-22(12-10-15)18(20-3)21-13-14(2)24-17-8-6-5-7-16(17)19;/h5-8,14-15H,4,9-13H2,1-3H3,(H,20,21);1H. The number of likely N-dealkylation sites (tertiary alicyclic amines) is 1. The van der Waals surface area contributed by atoms with Crippen molar-refractivity contribution >= 4 is 29.9 Å². The molecule has 2 rings (SSSR count). The number of halogens is 2. The van der Waals surface area contributed by atoms with E-state index in [1.807, 2.05) is 13.8 Å². The predicted octanol–water partition coefficient (Wildman–Crippen LogP) is 3.29. The third kappa shape index (κ3) is 6.97. The third-order valence-corrected chi connectivity index (χ3v) is 4.07. The average molecular weight is 465 g/mol. The Morgan fingerprint density at radius 2 is 2.04 bits per heavy atom. The number of ether oxygens (including phenoxy) is 2. The molecule has 1 aromatic carbocycles. The highest BCUT2D eigenvalue weighted by atomic mass is 127. The van der Waals surface area contributed by atoms with Crippen LogP contribution in [0.5, 0.6) is 5.75 Å². The second-order valence-electron chi connectivity index (χ2n) is 5.93. The van der Waals surface area contributed by atoms with Gasteiger partial charge in [-0.2, -0.15) is 0 Å². The molecule has 1 aromatic rings. The first-order chi connectivity index (χ1) is 11.6. The Morgan fingerprint density at radius 3 is 2.64 bits per heavy atom. The van der Waals surface area contributed by atoms with Gasteiger partial charge in [0, 0.05) is 26.7 Å². The van der Waals surface area contributed by atoms with Crippen molar-refractivity contribution in [3.8, 4) is 5.75 Å². The monoisotopic (exact) mass is 465 g/mol. The zero-order valence-corrected chi connectivity index (χ0v) is 17.5. The molecule has 0 amide bonds. The van der Waals surface area contributed by atoms with Gasteiger partial charge in [0.1, 0.15) is 6.10 Å². The molecule has 0 aliphatic carbocycles. The first-order valence-electron chi connectivity index (χ1n) is 8.62. The van der Waals surface area contributed by atoms with E-state index in [1.165, 1.54) is 6.07 Å². The molecule has 0 radical (unpaired) electrons. The molecule has 1 aliphatic heterocycles. The first kappa shape index (κ1) is 22.0. The van der Waals surface area contributed by atoms with Crippen LogP contribution in [-0.4, -0.2) is 56.4 Å². The van der Waals surface area contributed by atoms with E-state index in [9.17, 15) is 4.39 Å². The van der Waals surface area contributed by atoms with Crippen molar-refractivity contribution in [3.63, 3.8) is 0 Å². The molecule has 0 aromatic heterocycles. The van der Waals surface area contributed by atoms with Crippen LogP contribution in [0.1, 0.15) is 26.7 Å². The van der Waals surface area contributed by atoms with Gasteiger partial charge in [-0.05, 0) is 38.8 Å². The SMILES string of the molecule is CCOC1CCN(C(=NC)NCC(C)Oc2ccccc2F)CC1.I. The van der Waals surface area contributed by atoms with Crippen LogP contribution in [-0.2, 0) is 4.74 Å². The van der Waals surface area contributed by atoms with Gasteiger partial charge in [0.15, 0.2) is 17.5 Å². The number of piperidine rings is 1. The van der Waals surface area contributed by atoms with Crippen LogP contribution in [0.4, 0.5) is 4.39 Å². The van der Waals surface area contributed by atoms with Gasteiger partial charge in [0.2, 0.25) is 0 Å². The number of para-hydroxylation sites is 1. The summed E-state index contributed by atoms with van der Waals surface area (Å²) in [6.45, 7) is 7.12. The lowest BCUT2D eigenvalue weighted by molar-refractivity contribution is 0.0263. The lowest BCUT2D eigenvalue weighted by Gasteiger charge is -2.34. The number of hydrogen-bond acceptors (Lipinski definition) is 3. The highest BCUT2D eigenvalue weighted by Crippen LogP contribution is 2.17. The predicted molar refractivity (Wildman–Crippen MR) is 109 cm³/mol. The molecule has 0 saturated carbocycles. The summed E-state index contributed by atoms with van der Waals surface area (Å²) in [6, 6.07) is 6.45. The Hall–Kier alpha value is -1.09. The Kier molecular flexibility index (Phi) is 10.1. The molecule has 0 bridgehead atoms. The fourth-order valence-corrected chi connectivity index (χ4v) is 2.84. The van der Waals surface area contributed by atoms with Crippen molar-refractivity contribution in [1.82, 2.24) is 10.2 Å². The highest BCUT2D eigenvalue weighted by molar-refractivity contribution is 14.0. The van der Waals surface area contributed by atoms with Crippen molar-refractivity contribution < 1.29 is 13.9 Å². The van der Waals surface area contributed by atoms with Crippen LogP contribution in [0.2, 0.25) is 0 Å². The van der Waals surface area contributed by atoms with Gasteiger partial charge in [-0.1, -0.05) is 12.1 Å². The summed E-state index contributed by atoms with van der Waals surface area (Å²) in [5.74, 6) is 0.792. The highest BCUT2D eigenvalue weighted by Gasteiger charge is 2.21. The molecular weight excluding hydrogens is 436 g/mol. The average Bonchev–Trinajstić information content (AvgIpc) is 2.59. The van der Waals surface area contributed by atoms with Crippen molar-refractivity contribution in [2.75, 3.05) is 33.3 Å². The number of benzene rings is 1.